The Hall–Kier alpha value is -2.20. The van der Waals surface area contributed by atoms with E-state index in [2.05, 4.69) is 0 Å². The van der Waals surface area contributed by atoms with Crippen LogP contribution in [0.15, 0.2) is 48.5 Å². The highest BCUT2D eigenvalue weighted by molar-refractivity contribution is 6.30. The number of carbonyl (C=O) groups excluding carboxylic acids is 1. The zero-order chi connectivity index (χ0) is 17.6. The number of hydrogen-bond donors (Lipinski definition) is 0. The van der Waals surface area contributed by atoms with E-state index >= 15 is 0 Å². The molecule has 4 nitrogen and oxygen atoms in total. The van der Waals surface area contributed by atoms with Gasteiger partial charge in [-0.2, -0.15) is 0 Å². The second-order valence-corrected chi connectivity index (χ2v) is 6.49. The molecular weight excluding hydrogens is 328 g/mol. The zero-order valence-electron chi connectivity index (χ0n) is 14.0. The standard InChI is InChI=1S/C19H21ClO4/c1-19(2,18(21)22-3)13-24-17-10-8-16(9-11-17)23-12-14-4-6-15(20)7-5-14/h4-11H,12-13H2,1-3H3. The molecule has 2 aromatic carbocycles. The summed E-state index contributed by atoms with van der Waals surface area (Å²) in [5.41, 5.74) is 0.345. The molecule has 0 aliphatic rings. The molecular formula is C19H21ClO4. The van der Waals surface area contributed by atoms with Crippen LogP contribution >= 0.6 is 11.6 Å². The molecule has 0 bridgehead atoms. The maximum absolute atomic E-state index is 11.6. The van der Waals surface area contributed by atoms with E-state index in [0.717, 1.165) is 11.3 Å². The molecule has 5 heteroatoms. The number of rotatable bonds is 7. The third kappa shape index (κ3) is 5.17. The molecule has 128 valence electrons. The highest BCUT2D eigenvalue weighted by atomic mass is 35.5. The largest absolute Gasteiger partial charge is 0.492 e. The van der Waals surface area contributed by atoms with Crippen molar-refractivity contribution in [2.24, 2.45) is 5.41 Å². The summed E-state index contributed by atoms with van der Waals surface area (Å²) in [5.74, 6) is 1.11. The minimum absolute atomic E-state index is 0.241. The second-order valence-electron chi connectivity index (χ2n) is 6.05. The number of esters is 1. The Morgan fingerprint density at radius 2 is 1.50 bits per heavy atom. The minimum Gasteiger partial charge on any atom is -0.492 e. The highest BCUT2D eigenvalue weighted by Crippen LogP contribution is 2.23. The van der Waals surface area contributed by atoms with Gasteiger partial charge in [-0.15, -0.1) is 0 Å². The molecule has 0 saturated carbocycles. The van der Waals surface area contributed by atoms with Crippen molar-refractivity contribution in [3.8, 4) is 11.5 Å². The maximum atomic E-state index is 11.6. The molecule has 0 radical (unpaired) electrons. The average molecular weight is 349 g/mol. The van der Waals surface area contributed by atoms with Crippen LogP contribution in [0.1, 0.15) is 19.4 Å². The third-order valence-electron chi connectivity index (χ3n) is 3.48. The van der Waals surface area contributed by atoms with Gasteiger partial charge in [0, 0.05) is 5.02 Å². The van der Waals surface area contributed by atoms with E-state index in [9.17, 15) is 4.79 Å². The van der Waals surface area contributed by atoms with Gasteiger partial charge in [0.2, 0.25) is 0 Å². The van der Waals surface area contributed by atoms with Crippen molar-refractivity contribution in [2.45, 2.75) is 20.5 Å². The quantitative estimate of drug-likeness (QED) is 0.691. The Labute approximate surface area is 147 Å². The van der Waals surface area contributed by atoms with Crippen LogP contribution in [0.2, 0.25) is 5.02 Å². The Balaban J connectivity index is 1.86. The van der Waals surface area contributed by atoms with E-state index in [-0.39, 0.29) is 12.6 Å². The van der Waals surface area contributed by atoms with Crippen LogP contribution in [0, 0.1) is 5.41 Å². The van der Waals surface area contributed by atoms with Crippen LogP contribution < -0.4 is 9.47 Å². The number of hydrogen-bond acceptors (Lipinski definition) is 4. The van der Waals surface area contributed by atoms with Crippen molar-refractivity contribution in [1.82, 2.24) is 0 Å². The minimum atomic E-state index is -0.696. The summed E-state index contributed by atoms with van der Waals surface area (Å²) in [7, 11) is 1.37. The lowest BCUT2D eigenvalue weighted by Crippen LogP contribution is -2.32. The van der Waals surface area contributed by atoms with Gasteiger partial charge in [-0.05, 0) is 55.8 Å². The molecule has 2 rings (SSSR count). The summed E-state index contributed by atoms with van der Waals surface area (Å²) in [6.45, 7) is 4.27. The van der Waals surface area contributed by atoms with Gasteiger partial charge in [0.25, 0.3) is 0 Å². The molecule has 0 N–H and O–H groups in total. The van der Waals surface area contributed by atoms with Crippen LogP contribution in [0.25, 0.3) is 0 Å². The topological polar surface area (TPSA) is 44.8 Å². The number of benzene rings is 2. The third-order valence-corrected chi connectivity index (χ3v) is 3.73. The van der Waals surface area contributed by atoms with Gasteiger partial charge >= 0.3 is 5.97 Å². The van der Waals surface area contributed by atoms with Crippen molar-refractivity contribution in [3.05, 3.63) is 59.1 Å². The van der Waals surface area contributed by atoms with Crippen molar-refractivity contribution in [3.63, 3.8) is 0 Å². The van der Waals surface area contributed by atoms with E-state index in [4.69, 9.17) is 25.8 Å². The van der Waals surface area contributed by atoms with E-state index in [0.29, 0.717) is 17.4 Å². The van der Waals surface area contributed by atoms with Gasteiger partial charge in [0.15, 0.2) is 0 Å². The molecule has 24 heavy (non-hydrogen) atoms. The smallest absolute Gasteiger partial charge is 0.314 e. The molecule has 0 aliphatic carbocycles. The van der Waals surface area contributed by atoms with Crippen molar-refractivity contribution in [1.29, 1.82) is 0 Å². The molecule has 0 aromatic heterocycles. The molecule has 2 aromatic rings. The first-order valence-electron chi connectivity index (χ1n) is 7.59. The van der Waals surface area contributed by atoms with Crippen molar-refractivity contribution in [2.75, 3.05) is 13.7 Å². The highest BCUT2D eigenvalue weighted by Gasteiger charge is 2.29. The summed E-state index contributed by atoms with van der Waals surface area (Å²) in [6.07, 6.45) is 0. The summed E-state index contributed by atoms with van der Waals surface area (Å²) in [6, 6.07) is 14.8. The first-order valence-corrected chi connectivity index (χ1v) is 7.97. The van der Waals surface area contributed by atoms with Crippen LogP contribution in [0.5, 0.6) is 11.5 Å². The summed E-state index contributed by atoms with van der Waals surface area (Å²) in [4.78, 5) is 11.6. The lowest BCUT2D eigenvalue weighted by Gasteiger charge is -2.21. The molecule has 0 fully saturated rings. The van der Waals surface area contributed by atoms with Crippen molar-refractivity contribution < 1.29 is 19.0 Å². The first-order chi connectivity index (χ1) is 11.4. The summed E-state index contributed by atoms with van der Waals surface area (Å²) in [5, 5.41) is 0.704. The summed E-state index contributed by atoms with van der Waals surface area (Å²) >= 11 is 5.85. The number of halogens is 1. The molecule has 0 aliphatic heterocycles. The van der Waals surface area contributed by atoms with Gasteiger partial charge in [-0.3, -0.25) is 4.79 Å². The van der Waals surface area contributed by atoms with Crippen LogP contribution in [0.3, 0.4) is 0 Å². The molecule has 0 heterocycles. The lowest BCUT2D eigenvalue weighted by atomic mass is 9.95. The van der Waals surface area contributed by atoms with Crippen LogP contribution in [-0.2, 0) is 16.1 Å². The molecule has 0 atom stereocenters. The van der Waals surface area contributed by atoms with Gasteiger partial charge in [0.1, 0.15) is 24.7 Å². The Bertz CT molecular complexity index is 663. The first kappa shape index (κ1) is 18.1. The zero-order valence-corrected chi connectivity index (χ0v) is 14.8. The van der Waals surface area contributed by atoms with Crippen LogP contribution in [0.4, 0.5) is 0 Å². The molecule has 0 unspecified atom stereocenters. The van der Waals surface area contributed by atoms with E-state index in [1.165, 1.54) is 7.11 Å². The number of ether oxygens (including phenoxy) is 3. The van der Waals surface area contributed by atoms with Gasteiger partial charge < -0.3 is 14.2 Å². The van der Waals surface area contributed by atoms with Crippen LogP contribution in [-0.4, -0.2) is 19.7 Å². The number of methoxy groups -OCH3 is 1. The Morgan fingerprint density at radius 3 is 2.04 bits per heavy atom. The molecule has 0 amide bonds. The monoisotopic (exact) mass is 348 g/mol. The fourth-order valence-electron chi connectivity index (χ4n) is 1.98. The molecule has 0 saturated heterocycles. The second kappa shape index (κ2) is 8.06. The summed E-state index contributed by atoms with van der Waals surface area (Å²) < 4.78 is 16.1. The normalized spacial score (nSPS) is 11.0. The SMILES string of the molecule is COC(=O)C(C)(C)COc1ccc(OCc2ccc(Cl)cc2)cc1. The fraction of sp³-hybridized carbons (Fsp3) is 0.316. The fourth-order valence-corrected chi connectivity index (χ4v) is 2.10. The Kier molecular flexibility index (Phi) is 6.10. The van der Waals surface area contributed by atoms with E-state index in [1.807, 2.05) is 48.5 Å². The maximum Gasteiger partial charge on any atom is 0.314 e. The van der Waals surface area contributed by atoms with Gasteiger partial charge in [0.05, 0.1) is 12.5 Å². The predicted molar refractivity (Wildman–Crippen MR) is 93.5 cm³/mol. The van der Waals surface area contributed by atoms with E-state index in [1.54, 1.807) is 13.8 Å². The average Bonchev–Trinajstić information content (AvgIpc) is 2.59. The van der Waals surface area contributed by atoms with Gasteiger partial charge in [-0.1, -0.05) is 23.7 Å². The lowest BCUT2D eigenvalue weighted by molar-refractivity contribution is -0.152. The van der Waals surface area contributed by atoms with Gasteiger partial charge in [-0.25, -0.2) is 0 Å². The predicted octanol–water partition coefficient (Wildman–Crippen LogP) is 4.50. The number of carbonyl (C=O) groups is 1. The Morgan fingerprint density at radius 1 is 0.958 bits per heavy atom. The van der Waals surface area contributed by atoms with E-state index < -0.39 is 5.41 Å². The van der Waals surface area contributed by atoms with Crippen molar-refractivity contribution >= 4 is 17.6 Å². The molecule has 0 spiro atoms.